The molecule has 200 valence electrons. The average Bonchev–Trinajstić information content (AvgIpc) is 2.81. The number of aliphatic hydroxyl groups excluding tert-OH is 3. The number of ether oxygens (including phenoxy) is 2. The molecule has 2 aromatic carbocycles. The fourth-order valence-electron chi connectivity index (χ4n) is 3.86. The zero-order chi connectivity index (χ0) is 27.7. The Balaban J connectivity index is 2.21. The summed E-state index contributed by atoms with van der Waals surface area (Å²) in [4.78, 5) is 11.6. The molecule has 0 bridgehead atoms. The van der Waals surface area contributed by atoms with Gasteiger partial charge in [-0.1, -0.05) is 6.07 Å². The first-order chi connectivity index (χ1) is 17.2. The fourth-order valence-corrected chi connectivity index (χ4v) is 3.86. The number of carbonyl (C=O) groups excluding carboxylic acids is 1. The summed E-state index contributed by atoms with van der Waals surface area (Å²) in [5.74, 6) is -1.41. The molecule has 2 aromatic rings. The second kappa shape index (κ2) is 10.5. The molecular formula is C23H20F6N2O6. The first-order valence-corrected chi connectivity index (χ1v) is 10.6. The summed E-state index contributed by atoms with van der Waals surface area (Å²) in [6.45, 7) is 0.190. The van der Waals surface area contributed by atoms with Crippen molar-refractivity contribution in [2.45, 2.75) is 49.9 Å². The highest BCUT2D eigenvalue weighted by Crippen LogP contribution is 2.44. The molecule has 1 aliphatic heterocycles. The van der Waals surface area contributed by atoms with Gasteiger partial charge in [-0.3, -0.25) is 4.79 Å². The second-order valence-electron chi connectivity index (χ2n) is 8.14. The largest absolute Gasteiger partial charge is 0.462 e. The topological polar surface area (TPSA) is 132 Å². The van der Waals surface area contributed by atoms with Crippen LogP contribution in [0.25, 0.3) is 11.1 Å². The van der Waals surface area contributed by atoms with Crippen LogP contribution >= 0.6 is 0 Å². The number of benzene rings is 2. The quantitative estimate of drug-likeness (QED) is 0.434. The Bertz CT molecular complexity index is 1200. The Morgan fingerprint density at radius 1 is 1.11 bits per heavy atom. The molecule has 1 saturated heterocycles. The smallest absolute Gasteiger partial charge is 0.417 e. The molecule has 0 saturated carbocycles. The third-order valence-electron chi connectivity index (χ3n) is 5.50. The van der Waals surface area contributed by atoms with E-state index in [0.717, 1.165) is 25.1 Å². The normalized spacial score (nSPS) is 24.3. The van der Waals surface area contributed by atoms with Crippen LogP contribution in [-0.2, 0) is 21.9 Å². The number of nitrogens with zero attached hydrogens (tertiary/aromatic N) is 1. The third kappa shape index (κ3) is 6.13. The Labute approximate surface area is 205 Å². The van der Waals surface area contributed by atoms with E-state index in [2.05, 4.69) is 5.32 Å². The summed E-state index contributed by atoms with van der Waals surface area (Å²) < 4.78 is 93.1. The molecular weight excluding hydrogens is 514 g/mol. The van der Waals surface area contributed by atoms with Crippen molar-refractivity contribution in [3.05, 3.63) is 53.1 Å². The van der Waals surface area contributed by atoms with Crippen LogP contribution in [0.15, 0.2) is 36.4 Å². The Hall–Kier alpha value is -3.38. The predicted octanol–water partition coefficient (Wildman–Crippen LogP) is 2.59. The van der Waals surface area contributed by atoms with E-state index in [1.807, 2.05) is 0 Å². The van der Waals surface area contributed by atoms with Gasteiger partial charge in [0.2, 0.25) is 12.2 Å². The van der Waals surface area contributed by atoms with E-state index in [0.29, 0.717) is 18.2 Å². The maximum atomic E-state index is 14.0. The van der Waals surface area contributed by atoms with E-state index in [1.54, 1.807) is 0 Å². The van der Waals surface area contributed by atoms with Crippen molar-refractivity contribution in [3.63, 3.8) is 0 Å². The number of nitrogens with one attached hydrogen (secondary N) is 1. The number of halogens is 6. The average molecular weight is 534 g/mol. The summed E-state index contributed by atoms with van der Waals surface area (Å²) in [6.07, 6.45) is -16.9. The van der Waals surface area contributed by atoms with Crippen LogP contribution in [0.3, 0.4) is 0 Å². The summed E-state index contributed by atoms with van der Waals surface area (Å²) in [5, 5.41) is 41.4. The van der Waals surface area contributed by atoms with Crippen molar-refractivity contribution in [2.75, 3.05) is 6.61 Å². The minimum Gasteiger partial charge on any atom is -0.462 e. The van der Waals surface area contributed by atoms with Crippen molar-refractivity contribution in [1.29, 1.82) is 5.26 Å². The zero-order valence-electron chi connectivity index (χ0n) is 18.8. The van der Waals surface area contributed by atoms with Crippen LogP contribution in [0.1, 0.15) is 23.6 Å². The van der Waals surface area contributed by atoms with Gasteiger partial charge in [0.05, 0.1) is 29.4 Å². The van der Waals surface area contributed by atoms with Crippen LogP contribution < -0.4 is 10.1 Å². The first kappa shape index (κ1) is 28.2. The van der Waals surface area contributed by atoms with Gasteiger partial charge in [-0.15, -0.1) is 0 Å². The monoisotopic (exact) mass is 534 g/mol. The van der Waals surface area contributed by atoms with E-state index in [-0.39, 0.29) is 0 Å². The van der Waals surface area contributed by atoms with Gasteiger partial charge in [-0.25, -0.2) is 0 Å². The number of amides is 1. The van der Waals surface area contributed by atoms with Gasteiger partial charge in [-0.2, -0.15) is 31.6 Å². The Morgan fingerprint density at radius 3 is 2.32 bits per heavy atom. The van der Waals surface area contributed by atoms with Crippen LogP contribution in [0.4, 0.5) is 26.3 Å². The molecule has 0 aliphatic carbocycles. The van der Waals surface area contributed by atoms with Gasteiger partial charge in [0.15, 0.2) is 0 Å². The van der Waals surface area contributed by atoms with E-state index in [4.69, 9.17) is 9.47 Å². The molecule has 0 aromatic heterocycles. The van der Waals surface area contributed by atoms with E-state index < -0.39 is 89.1 Å². The Kier molecular flexibility index (Phi) is 8.03. The van der Waals surface area contributed by atoms with Gasteiger partial charge in [-0.05, 0) is 35.9 Å². The van der Waals surface area contributed by atoms with Gasteiger partial charge >= 0.3 is 12.4 Å². The maximum Gasteiger partial charge on any atom is 0.417 e. The standard InChI is InChI=1S/C23H20F6N2O6/c1-10(33)31-18-20(35)19(34)16(9-32)37-21(18)36-15-4-2-3-14(23(27,28)29)17(15)12-5-11(8-30)6-13(7-12)22(24,25)26/h2-7,16,18-21,32,34-35H,9H2,1H3,(H,31,33)/t16-,18-,19+,20-,21-/m1/s1. The Morgan fingerprint density at radius 2 is 1.78 bits per heavy atom. The molecule has 0 radical (unpaired) electrons. The molecule has 1 amide bonds. The second-order valence-corrected chi connectivity index (χ2v) is 8.14. The summed E-state index contributed by atoms with van der Waals surface area (Å²) in [5.41, 5.74) is -4.88. The molecule has 3 rings (SSSR count). The highest BCUT2D eigenvalue weighted by molar-refractivity contribution is 5.76. The molecule has 37 heavy (non-hydrogen) atoms. The van der Waals surface area contributed by atoms with E-state index in [1.165, 1.54) is 6.07 Å². The van der Waals surface area contributed by atoms with Crippen LogP contribution in [0.5, 0.6) is 5.75 Å². The minimum atomic E-state index is -5.08. The van der Waals surface area contributed by atoms with Gasteiger partial charge < -0.3 is 30.1 Å². The molecule has 0 unspecified atom stereocenters. The molecule has 1 heterocycles. The van der Waals surface area contributed by atoms with Crippen LogP contribution in [0.2, 0.25) is 0 Å². The van der Waals surface area contributed by atoms with E-state index in [9.17, 15) is 51.7 Å². The lowest BCUT2D eigenvalue weighted by molar-refractivity contribution is -0.244. The highest BCUT2D eigenvalue weighted by Gasteiger charge is 2.46. The lowest BCUT2D eigenvalue weighted by atomic mass is 9.94. The third-order valence-corrected chi connectivity index (χ3v) is 5.50. The predicted molar refractivity (Wildman–Crippen MR) is 113 cm³/mol. The van der Waals surface area contributed by atoms with Gasteiger partial charge in [0, 0.05) is 12.5 Å². The van der Waals surface area contributed by atoms with Crippen LogP contribution in [0, 0.1) is 11.3 Å². The van der Waals surface area contributed by atoms with Crippen molar-refractivity contribution < 1.29 is 55.9 Å². The minimum absolute atomic E-state index is 0.417. The van der Waals surface area contributed by atoms with Crippen molar-refractivity contribution in [2.24, 2.45) is 0 Å². The first-order valence-electron chi connectivity index (χ1n) is 10.6. The summed E-state index contributed by atoms with van der Waals surface area (Å²) in [7, 11) is 0. The molecule has 4 N–H and O–H groups in total. The lowest BCUT2D eigenvalue weighted by Crippen LogP contribution is -2.65. The number of hydrogen-bond acceptors (Lipinski definition) is 7. The highest BCUT2D eigenvalue weighted by atomic mass is 19.4. The van der Waals surface area contributed by atoms with Crippen molar-refractivity contribution >= 4 is 5.91 Å². The molecule has 8 nitrogen and oxygen atoms in total. The molecule has 1 fully saturated rings. The number of aliphatic hydroxyl groups is 3. The molecule has 0 spiro atoms. The lowest BCUT2D eigenvalue weighted by Gasteiger charge is -2.42. The van der Waals surface area contributed by atoms with Crippen molar-refractivity contribution in [1.82, 2.24) is 5.32 Å². The number of rotatable bonds is 5. The van der Waals surface area contributed by atoms with E-state index >= 15 is 0 Å². The maximum absolute atomic E-state index is 14.0. The number of nitriles is 1. The van der Waals surface area contributed by atoms with Crippen LogP contribution in [-0.4, -0.2) is 58.5 Å². The summed E-state index contributed by atoms with van der Waals surface area (Å²) >= 11 is 0. The summed E-state index contributed by atoms with van der Waals surface area (Å²) in [6, 6.07) is 4.12. The number of carbonyl (C=O) groups is 1. The molecule has 14 heteroatoms. The SMILES string of the molecule is CC(=O)N[C@H]1[C@H](Oc2cccc(C(F)(F)F)c2-c2cc(C#N)cc(C(F)(F)F)c2)O[C@H](CO)[C@H](O)[C@@H]1O. The molecule has 1 aliphatic rings. The fraction of sp³-hybridized carbons (Fsp3) is 0.391. The number of hydrogen-bond donors (Lipinski definition) is 4. The molecule has 5 atom stereocenters. The zero-order valence-corrected chi connectivity index (χ0v) is 18.8. The van der Waals surface area contributed by atoms with Crippen molar-refractivity contribution in [3.8, 4) is 22.9 Å². The van der Waals surface area contributed by atoms with Gasteiger partial charge in [0.1, 0.15) is 30.1 Å². The number of alkyl halides is 6. The van der Waals surface area contributed by atoms with Gasteiger partial charge in [0.25, 0.3) is 0 Å².